The van der Waals surface area contributed by atoms with Gasteiger partial charge in [-0.25, -0.2) is 9.78 Å². The molecule has 0 amide bonds. The minimum Gasteiger partial charge on any atom is -0.456 e. The van der Waals surface area contributed by atoms with Crippen molar-refractivity contribution in [2.75, 3.05) is 5.32 Å². The number of nitrogens with one attached hydrogen (secondary N) is 1. The summed E-state index contributed by atoms with van der Waals surface area (Å²) in [5.74, 6) is -0.412. The van der Waals surface area contributed by atoms with Crippen LogP contribution in [0.25, 0.3) is 0 Å². The molecule has 0 aliphatic rings. The van der Waals surface area contributed by atoms with E-state index in [1.165, 1.54) is 16.9 Å². The molecule has 2 N–H and O–H groups in total. The number of ether oxygens (including phenoxy) is 1. The van der Waals surface area contributed by atoms with Crippen molar-refractivity contribution < 1.29 is 14.6 Å². The Balaban J connectivity index is 1.55. The van der Waals surface area contributed by atoms with Gasteiger partial charge in [-0.3, -0.25) is 0 Å². The first-order valence-electron chi connectivity index (χ1n) is 7.79. The number of hydrogen-bond acceptors (Lipinski definition) is 6. The third-order valence-electron chi connectivity index (χ3n) is 3.58. The molecule has 0 spiro atoms. The van der Waals surface area contributed by atoms with E-state index in [1.54, 1.807) is 24.3 Å². The van der Waals surface area contributed by atoms with Crippen molar-refractivity contribution in [1.82, 2.24) is 4.98 Å². The summed E-state index contributed by atoms with van der Waals surface area (Å²) in [4.78, 5) is 16.4. The summed E-state index contributed by atoms with van der Waals surface area (Å²) in [7, 11) is 0. The molecular formula is C19H18N2O3S. The Hall–Kier alpha value is -2.70. The molecule has 128 valence electrons. The summed E-state index contributed by atoms with van der Waals surface area (Å²) >= 11 is 1.46. The maximum Gasteiger partial charge on any atom is 0.338 e. The van der Waals surface area contributed by atoms with Gasteiger partial charge in [-0.15, -0.1) is 11.3 Å². The zero-order valence-electron chi connectivity index (χ0n) is 13.7. The second-order valence-electron chi connectivity index (χ2n) is 5.57. The predicted octanol–water partition coefficient (Wildman–Crippen LogP) is 4.04. The van der Waals surface area contributed by atoms with Crippen LogP contribution >= 0.6 is 11.3 Å². The van der Waals surface area contributed by atoms with Gasteiger partial charge in [0.05, 0.1) is 17.9 Å². The van der Waals surface area contributed by atoms with Crippen molar-refractivity contribution in [2.45, 2.75) is 20.1 Å². The molecule has 5 nitrogen and oxygen atoms in total. The highest BCUT2D eigenvalue weighted by Crippen LogP contribution is 2.21. The summed E-state index contributed by atoms with van der Waals surface area (Å²) < 4.78 is 5.28. The number of aryl methyl sites for hydroxylation is 1. The van der Waals surface area contributed by atoms with Crippen molar-refractivity contribution in [3.63, 3.8) is 0 Å². The molecule has 3 aromatic rings. The van der Waals surface area contributed by atoms with Gasteiger partial charge in [-0.2, -0.15) is 0 Å². The number of hydrogen-bond donors (Lipinski definition) is 2. The number of aliphatic hydroxyl groups excluding tert-OH is 1. The van der Waals surface area contributed by atoms with Crippen LogP contribution in [0.4, 0.5) is 10.8 Å². The third kappa shape index (κ3) is 4.65. The van der Waals surface area contributed by atoms with E-state index in [-0.39, 0.29) is 13.2 Å². The number of aliphatic hydroxyl groups is 1. The molecule has 0 aliphatic heterocycles. The van der Waals surface area contributed by atoms with Crippen LogP contribution in [-0.4, -0.2) is 16.1 Å². The number of thiazole rings is 1. The maximum absolute atomic E-state index is 12.0. The summed E-state index contributed by atoms with van der Waals surface area (Å²) in [5.41, 5.74) is 4.06. The van der Waals surface area contributed by atoms with Gasteiger partial charge in [-0.05, 0) is 36.8 Å². The number of anilines is 2. The van der Waals surface area contributed by atoms with E-state index in [0.29, 0.717) is 11.3 Å². The molecule has 0 saturated carbocycles. The van der Waals surface area contributed by atoms with Crippen LogP contribution in [0.5, 0.6) is 0 Å². The first-order chi connectivity index (χ1) is 12.1. The highest BCUT2D eigenvalue weighted by atomic mass is 32.1. The lowest BCUT2D eigenvalue weighted by molar-refractivity contribution is 0.0468. The Kier molecular flexibility index (Phi) is 5.42. The fourth-order valence-electron chi connectivity index (χ4n) is 2.16. The van der Waals surface area contributed by atoms with E-state index in [4.69, 9.17) is 9.84 Å². The smallest absolute Gasteiger partial charge is 0.338 e. The van der Waals surface area contributed by atoms with Crippen molar-refractivity contribution >= 4 is 28.1 Å². The van der Waals surface area contributed by atoms with Crippen LogP contribution in [0.15, 0.2) is 53.9 Å². The Bertz CT molecular complexity index is 842. The van der Waals surface area contributed by atoms with Gasteiger partial charge in [0.1, 0.15) is 6.61 Å². The van der Waals surface area contributed by atoms with Crippen LogP contribution in [0.2, 0.25) is 0 Å². The van der Waals surface area contributed by atoms with Gasteiger partial charge in [0.2, 0.25) is 0 Å². The topological polar surface area (TPSA) is 71.5 Å². The molecule has 0 aliphatic carbocycles. The highest BCUT2D eigenvalue weighted by molar-refractivity contribution is 7.13. The molecule has 0 saturated heterocycles. The van der Waals surface area contributed by atoms with Gasteiger partial charge in [-0.1, -0.05) is 29.8 Å². The van der Waals surface area contributed by atoms with E-state index >= 15 is 0 Å². The van der Waals surface area contributed by atoms with Crippen molar-refractivity contribution in [3.05, 3.63) is 76.3 Å². The molecule has 3 rings (SSSR count). The third-order valence-corrected chi connectivity index (χ3v) is 4.38. The molecule has 1 heterocycles. The molecule has 0 unspecified atom stereocenters. The quantitative estimate of drug-likeness (QED) is 0.654. The molecule has 0 bridgehead atoms. The summed E-state index contributed by atoms with van der Waals surface area (Å²) in [6.45, 7) is 2.11. The average molecular weight is 354 g/mol. The Morgan fingerprint density at radius 1 is 1.16 bits per heavy atom. The number of nitrogens with zero attached hydrogens (tertiary/aromatic N) is 1. The normalized spacial score (nSPS) is 10.5. The fourth-order valence-corrected chi connectivity index (χ4v) is 2.88. The average Bonchev–Trinajstić information content (AvgIpc) is 3.09. The number of rotatable bonds is 6. The number of benzene rings is 2. The first-order valence-corrected chi connectivity index (χ1v) is 8.67. The number of aromatic nitrogens is 1. The minimum atomic E-state index is -0.412. The van der Waals surface area contributed by atoms with Gasteiger partial charge in [0.25, 0.3) is 0 Å². The molecular weight excluding hydrogens is 336 g/mol. The Morgan fingerprint density at radius 2 is 1.88 bits per heavy atom. The molecule has 0 atom stereocenters. The largest absolute Gasteiger partial charge is 0.456 e. The van der Waals surface area contributed by atoms with Crippen LogP contribution in [0.3, 0.4) is 0 Å². The van der Waals surface area contributed by atoms with Gasteiger partial charge >= 0.3 is 5.97 Å². The van der Waals surface area contributed by atoms with E-state index in [9.17, 15) is 4.79 Å². The van der Waals surface area contributed by atoms with Gasteiger partial charge in [0.15, 0.2) is 5.13 Å². The second-order valence-corrected chi connectivity index (χ2v) is 6.42. The second kappa shape index (κ2) is 7.92. The van der Waals surface area contributed by atoms with Gasteiger partial charge < -0.3 is 15.2 Å². The van der Waals surface area contributed by atoms with Crippen LogP contribution in [0, 0.1) is 6.92 Å². The number of esters is 1. The molecule has 0 radical (unpaired) electrons. The van der Waals surface area contributed by atoms with Crippen LogP contribution in [-0.2, 0) is 18.0 Å². The van der Waals surface area contributed by atoms with Crippen molar-refractivity contribution in [2.24, 2.45) is 0 Å². The molecule has 2 aromatic carbocycles. The molecule has 0 fully saturated rings. The van der Waals surface area contributed by atoms with E-state index in [1.807, 2.05) is 36.6 Å². The Labute approximate surface area is 149 Å². The highest BCUT2D eigenvalue weighted by Gasteiger charge is 2.09. The zero-order chi connectivity index (χ0) is 17.6. The monoisotopic (exact) mass is 354 g/mol. The summed E-state index contributed by atoms with van der Waals surface area (Å²) in [6, 6.07) is 14.7. The molecule has 25 heavy (non-hydrogen) atoms. The number of carbonyl (C=O) groups excluding carboxylic acids is 1. The minimum absolute atomic E-state index is 0.0507. The van der Waals surface area contributed by atoms with E-state index in [2.05, 4.69) is 10.3 Å². The predicted molar refractivity (Wildman–Crippen MR) is 98.1 cm³/mol. The zero-order valence-corrected chi connectivity index (χ0v) is 14.5. The van der Waals surface area contributed by atoms with Crippen molar-refractivity contribution in [1.29, 1.82) is 0 Å². The summed E-state index contributed by atoms with van der Waals surface area (Å²) in [5, 5.41) is 14.9. The Morgan fingerprint density at radius 3 is 2.56 bits per heavy atom. The van der Waals surface area contributed by atoms with Crippen LogP contribution < -0.4 is 5.32 Å². The van der Waals surface area contributed by atoms with Crippen molar-refractivity contribution in [3.8, 4) is 0 Å². The first kappa shape index (κ1) is 17.1. The molecule has 6 heteroatoms. The fraction of sp³-hybridized carbons (Fsp3) is 0.158. The SMILES string of the molecule is Cc1ccc(Nc2nc(COC(=O)c3ccc(CO)cc3)cs2)cc1. The lowest BCUT2D eigenvalue weighted by Gasteiger charge is -2.04. The molecule has 1 aromatic heterocycles. The maximum atomic E-state index is 12.0. The lowest BCUT2D eigenvalue weighted by Crippen LogP contribution is -2.05. The lowest BCUT2D eigenvalue weighted by atomic mass is 10.1. The number of carbonyl (C=O) groups is 1. The van der Waals surface area contributed by atoms with Gasteiger partial charge in [0, 0.05) is 11.1 Å². The summed E-state index contributed by atoms with van der Waals surface area (Å²) in [6.07, 6.45) is 0. The van der Waals surface area contributed by atoms with Crippen LogP contribution in [0.1, 0.15) is 27.2 Å². The standard InChI is InChI=1S/C19H18N2O3S/c1-13-2-8-16(9-3-13)20-19-21-17(12-25-19)11-24-18(23)15-6-4-14(10-22)5-7-15/h2-9,12,22H,10-11H2,1H3,(H,20,21). The van der Waals surface area contributed by atoms with E-state index < -0.39 is 5.97 Å². The van der Waals surface area contributed by atoms with E-state index in [0.717, 1.165) is 16.4 Å².